The summed E-state index contributed by atoms with van der Waals surface area (Å²) in [5.41, 5.74) is 7.75. The first-order valence-electron chi connectivity index (χ1n) is 6.57. The number of benzene rings is 2. The van der Waals surface area contributed by atoms with E-state index in [1.807, 2.05) is 39.0 Å². The molecule has 2 rings (SSSR count). The van der Waals surface area contributed by atoms with Gasteiger partial charge in [-0.3, -0.25) is 10.6 Å². The number of aryl methyl sites for hydroxylation is 3. The molecule has 0 saturated heterocycles. The third kappa shape index (κ3) is 3.43. The molecule has 0 unspecified atom stereocenters. The van der Waals surface area contributed by atoms with Gasteiger partial charge in [-0.15, -0.1) is 0 Å². The second-order valence-corrected chi connectivity index (χ2v) is 5.96. The van der Waals surface area contributed by atoms with E-state index in [2.05, 4.69) is 26.7 Å². The van der Waals surface area contributed by atoms with Crippen molar-refractivity contribution in [1.29, 1.82) is 0 Å². The van der Waals surface area contributed by atoms with Crippen LogP contribution in [0.2, 0.25) is 0 Å². The molecule has 21 heavy (non-hydrogen) atoms. The van der Waals surface area contributed by atoms with Crippen molar-refractivity contribution in [2.45, 2.75) is 20.8 Å². The van der Waals surface area contributed by atoms with Gasteiger partial charge in [0.1, 0.15) is 0 Å². The van der Waals surface area contributed by atoms with E-state index in [-0.39, 0.29) is 5.91 Å². The normalized spacial score (nSPS) is 10.3. The van der Waals surface area contributed by atoms with Gasteiger partial charge in [0.2, 0.25) is 0 Å². The molecule has 0 fully saturated rings. The Morgan fingerprint density at radius 1 is 1.05 bits per heavy atom. The number of anilines is 2. The Balaban J connectivity index is 2.30. The van der Waals surface area contributed by atoms with Crippen LogP contribution in [0.4, 0.5) is 11.4 Å². The zero-order valence-corrected chi connectivity index (χ0v) is 13.8. The van der Waals surface area contributed by atoms with Crippen LogP contribution in [0, 0.1) is 20.8 Å². The maximum Gasteiger partial charge on any atom is 0.255 e. The summed E-state index contributed by atoms with van der Waals surface area (Å²) in [5.74, 6) is 5.25. The van der Waals surface area contributed by atoms with Gasteiger partial charge in [0.05, 0.1) is 0 Å². The second-order valence-electron chi connectivity index (χ2n) is 5.04. The SMILES string of the molecule is Cc1cc(NN)ccc1C(=O)Nc1c(C)cc(Br)cc1C. The van der Waals surface area contributed by atoms with E-state index in [1.54, 1.807) is 12.1 Å². The van der Waals surface area contributed by atoms with E-state index in [0.717, 1.165) is 32.5 Å². The summed E-state index contributed by atoms with van der Waals surface area (Å²) < 4.78 is 1.00. The minimum Gasteiger partial charge on any atom is -0.324 e. The van der Waals surface area contributed by atoms with Gasteiger partial charge in [0, 0.05) is 21.4 Å². The lowest BCUT2D eigenvalue weighted by Gasteiger charge is -2.14. The van der Waals surface area contributed by atoms with Crippen LogP contribution in [-0.4, -0.2) is 5.91 Å². The fourth-order valence-corrected chi connectivity index (χ4v) is 2.98. The molecule has 2 aromatic carbocycles. The van der Waals surface area contributed by atoms with Gasteiger partial charge in [-0.05, 0) is 67.8 Å². The highest BCUT2D eigenvalue weighted by Gasteiger charge is 2.12. The number of nitrogen functional groups attached to an aromatic ring is 1. The average Bonchev–Trinajstić information content (AvgIpc) is 2.42. The number of nitrogens with two attached hydrogens (primary N) is 1. The molecular weight excluding hydrogens is 330 g/mol. The Kier molecular flexibility index (Phi) is 4.65. The van der Waals surface area contributed by atoms with Gasteiger partial charge >= 0.3 is 0 Å². The number of hydrogen-bond acceptors (Lipinski definition) is 3. The first-order valence-corrected chi connectivity index (χ1v) is 7.37. The lowest BCUT2D eigenvalue weighted by molar-refractivity contribution is 0.102. The van der Waals surface area contributed by atoms with Crippen LogP contribution < -0.4 is 16.6 Å². The molecule has 0 radical (unpaired) electrons. The van der Waals surface area contributed by atoms with Gasteiger partial charge in [0.25, 0.3) is 5.91 Å². The highest BCUT2D eigenvalue weighted by atomic mass is 79.9. The Labute approximate surface area is 132 Å². The summed E-state index contributed by atoms with van der Waals surface area (Å²) in [7, 11) is 0. The Morgan fingerprint density at radius 2 is 1.67 bits per heavy atom. The van der Waals surface area contributed by atoms with Crippen molar-refractivity contribution >= 4 is 33.2 Å². The van der Waals surface area contributed by atoms with Crippen molar-refractivity contribution in [3.63, 3.8) is 0 Å². The summed E-state index contributed by atoms with van der Waals surface area (Å²) in [6.45, 7) is 5.83. The number of hydrogen-bond donors (Lipinski definition) is 3. The average molecular weight is 348 g/mol. The number of hydrazine groups is 1. The van der Waals surface area contributed by atoms with Crippen molar-refractivity contribution in [3.05, 3.63) is 57.1 Å². The van der Waals surface area contributed by atoms with Crippen LogP contribution in [0.25, 0.3) is 0 Å². The summed E-state index contributed by atoms with van der Waals surface area (Å²) in [6.07, 6.45) is 0. The predicted octanol–water partition coefficient (Wildman–Crippen LogP) is 3.91. The molecule has 0 spiro atoms. The van der Waals surface area contributed by atoms with E-state index < -0.39 is 0 Å². The van der Waals surface area contributed by atoms with Crippen molar-refractivity contribution in [1.82, 2.24) is 0 Å². The zero-order chi connectivity index (χ0) is 15.6. The standard InChI is InChI=1S/C16H18BrN3O/c1-9-8-13(20-18)4-5-14(9)16(21)19-15-10(2)6-12(17)7-11(15)3/h4-8,20H,18H2,1-3H3,(H,19,21). The second kappa shape index (κ2) is 6.28. The third-order valence-corrected chi connectivity index (χ3v) is 3.83. The molecule has 0 saturated carbocycles. The molecule has 0 bridgehead atoms. The van der Waals surface area contributed by atoms with Crippen LogP contribution in [0.1, 0.15) is 27.0 Å². The first-order chi connectivity index (χ1) is 9.92. The Hall–Kier alpha value is -1.85. The summed E-state index contributed by atoms with van der Waals surface area (Å²) in [4.78, 5) is 12.4. The van der Waals surface area contributed by atoms with Crippen molar-refractivity contribution in [3.8, 4) is 0 Å². The molecule has 2 aromatic rings. The number of amides is 1. The van der Waals surface area contributed by atoms with Gasteiger partial charge in [-0.25, -0.2) is 0 Å². The largest absolute Gasteiger partial charge is 0.324 e. The van der Waals surface area contributed by atoms with E-state index in [1.165, 1.54) is 0 Å². The van der Waals surface area contributed by atoms with E-state index in [4.69, 9.17) is 5.84 Å². The molecule has 110 valence electrons. The lowest BCUT2D eigenvalue weighted by atomic mass is 10.1. The molecule has 4 N–H and O–H groups in total. The minimum atomic E-state index is -0.121. The van der Waals surface area contributed by atoms with Gasteiger partial charge in [-0.1, -0.05) is 15.9 Å². The van der Waals surface area contributed by atoms with Crippen LogP contribution >= 0.6 is 15.9 Å². The summed E-state index contributed by atoms with van der Waals surface area (Å²) in [5, 5.41) is 2.99. The van der Waals surface area contributed by atoms with Gasteiger partial charge < -0.3 is 10.7 Å². The molecule has 4 nitrogen and oxygen atoms in total. The van der Waals surface area contributed by atoms with Crippen LogP contribution in [0.3, 0.4) is 0 Å². The highest BCUT2D eigenvalue weighted by molar-refractivity contribution is 9.10. The number of halogens is 1. The zero-order valence-electron chi connectivity index (χ0n) is 12.3. The fraction of sp³-hybridized carbons (Fsp3) is 0.188. The third-order valence-electron chi connectivity index (χ3n) is 3.37. The van der Waals surface area contributed by atoms with Crippen molar-refractivity contribution in [2.75, 3.05) is 10.7 Å². The minimum absolute atomic E-state index is 0.121. The number of carbonyl (C=O) groups is 1. The Morgan fingerprint density at radius 3 is 2.19 bits per heavy atom. The number of rotatable bonds is 3. The molecule has 0 aromatic heterocycles. The van der Waals surface area contributed by atoms with E-state index >= 15 is 0 Å². The summed E-state index contributed by atoms with van der Waals surface area (Å²) >= 11 is 3.45. The molecule has 0 aliphatic rings. The predicted molar refractivity (Wildman–Crippen MR) is 90.6 cm³/mol. The molecule has 0 aliphatic carbocycles. The van der Waals surface area contributed by atoms with Crippen molar-refractivity contribution in [2.24, 2.45) is 5.84 Å². The van der Waals surface area contributed by atoms with Gasteiger partial charge in [-0.2, -0.15) is 0 Å². The summed E-state index contributed by atoms with van der Waals surface area (Å²) in [6, 6.07) is 9.36. The molecule has 0 atom stereocenters. The molecule has 1 amide bonds. The fourth-order valence-electron chi connectivity index (χ4n) is 2.30. The molecule has 0 heterocycles. The smallest absolute Gasteiger partial charge is 0.255 e. The number of carbonyl (C=O) groups excluding carboxylic acids is 1. The van der Waals surface area contributed by atoms with Crippen LogP contribution in [-0.2, 0) is 0 Å². The highest BCUT2D eigenvalue weighted by Crippen LogP contribution is 2.26. The molecule has 5 heteroatoms. The molecular formula is C16H18BrN3O. The number of nitrogens with one attached hydrogen (secondary N) is 2. The van der Waals surface area contributed by atoms with Crippen molar-refractivity contribution < 1.29 is 4.79 Å². The van der Waals surface area contributed by atoms with E-state index in [0.29, 0.717) is 5.56 Å². The maximum atomic E-state index is 12.4. The van der Waals surface area contributed by atoms with Crippen LogP contribution in [0.5, 0.6) is 0 Å². The van der Waals surface area contributed by atoms with Crippen LogP contribution in [0.15, 0.2) is 34.8 Å². The van der Waals surface area contributed by atoms with Gasteiger partial charge in [0.15, 0.2) is 0 Å². The van der Waals surface area contributed by atoms with E-state index in [9.17, 15) is 4.79 Å². The monoisotopic (exact) mass is 347 g/mol. The lowest BCUT2D eigenvalue weighted by Crippen LogP contribution is -2.16. The first kappa shape index (κ1) is 15.5. The topological polar surface area (TPSA) is 67.1 Å². The maximum absolute atomic E-state index is 12.4. The Bertz CT molecular complexity index is 675. The molecule has 0 aliphatic heterocycles. The quantitative estimate of drug-likeness (QED) is 0.582.